The van der Waals surface area contributed by atoms with Crippen molar-refractivity contribution in [2.24, 2.45) is 0 Å². The van der Waals surface area contributed by atoms with Crippen molar-refractivity contribution in [2.45, 2.75) is 20.8 Å². The molecule has 0 aliphatic carbocycles. The molecule has 0 bridgehead atoms. The third kappa shape index (κ3) is 2.71. The highest BCUT2D eigenvalue weighted by Crippen LogP contribution is 2.35. The monoisotopic (exact) mass is 347 g/mol. The van der Waals surface area contributed by atoms with Crippen LogP contribution in [0.25, 0.3) is 0 Å². The molecule has 0 saturated carbocycles. The van der Waals surface area contributed by atoms with E-state index < -0.39 is 0 Å². The molecule has 0 aliphatic heterocycles. The van der Waals surface area contributed by atoms with E-state index in [1.54, 1.807) is 0 Å². The van der Waals surface area contributed by atoms with Gasteiger partial charge in [0.15, 0.2) is 5.78 Å². The molecule has 0 radical (unpaired) electrons. The van der Waals surface area contributed by atoms with E-state index in [4.69, 9.17) is 0 Å². The van der Waals surface area contributed by atoms with Gasteiger partial charge in [0.25, 0.3) is 0 Å². The fraction of sp³-hybridized carbons (Fsp3) is 0.273. The predicted molar refractivity (Wildman–Crippen MR) is 70.9 cm³/mol. The average Bonchev–Trinajstić information content (AvgIpc) is 2.10. The molecule has 0 unspecified atom stereocenters. The number of benzene rings is 1. The largest absolute Gasteiger partial charge is 0.325 e. The lowest BCUT2D eigenvalue weighted by Gasteiger charge is -2.13. The van der Waals surface area contributed by atoms with Crippen LogP contribution in [0.2, 0.25) is 0 Å². The van der Waals surface area contributed by atoms with Crippen molar-refractivity contribution in [1.29, 1.82) is 0 Å². The Morgan fingerprint density at radius 1 is 1.25 bits per heavy atom. The zero-order valence-electron chi connectivity index (χ0n) is 9.15. The minimum atomic E-state index is -0.166. The summed E-state index contributed by atoms with van der Waals surface area (Å²) in [5.74, 6) is -0.231. The molecule has 1 rings (SSSR count). The maximum Gasteiger partial charge on any atom is 0.221 e. The highest BCUT2D eigenvalue weighted by molar-refractivity contribution is 9.11. The summed E-state index contributed by atoms with van der Waals surface area (Å²) < 4.78 is 1.33. The molecule has 0 saturated heterocycles. The number of halogens is 2. The number of anilines is 1. The minimum Gasteiger partial charge on any atom is -0.325 e. The molecule has 0 atom stereocenters. The summed E-state index contributed by atoms with van der Waals surface area (Å²) in [6.07, 6.45) is 0. The minimum absolute atomic E-state index is 0.0645. The summed E-state index contributed by atoms with van der Waals surface area (Å²) in [5, 5.41) is 2.70. The Labute approximate surface area is 111 Å². The highest BCUT2D eigenvalue weighted by atomic mass is 79.9. The third-order valence-corrected chi connectivity index (χ3v) is 3.49. The van der Waals surface area contributed by atoms with Crippen LogP contribution < -0.4 is 5.32 Å². The SMILES string of the molecule is CC(=O)Nc1c(C)cc(Br)c(C(C)=O)c1Br. The van der Waals surface area contributed by atoms with E-state index in [9.17, 15) is 9.59 Å². The van der Waals surface area contributed by atoms with E-state index in [0.717, 1.165) is 10.0 Å². The Morgan fingerprint density at radius 3 is 2.25 bits per heavy atom. The molecule has 0 aromatic heterocycles. The Bertz CT molecular complexity index is 470. The quantitative estimate of drug-likeness (QED) is 0.828. The first-order valence-electron chi connectivity index (χ1n) is 4.61. The number of hydrogen-bond acceptors (Lipinski definition) is 2. The standard InChI is InChI=1S/C11H11Br2NO2/c1-5-4-8(12)9(6(2)15)10(13)11(5)14-7(3)16/h4H,1-3H3,(H,14,16). The van der Waals surface area contributed by atoms with Crippen molar-refractivity contribution >= 4 is 49.2 Å². The van der Waals surface area contributed by atoms with Crippen LogP contribution in [-0.4, -0.2) is 11.7 Å². The van der Waals surface area contributed by atoms with Gasteiger partial charge >= 0.3 is 0 Å². The molecule has 3 nitrogen and oxygen atoms in total. The van der Waals surface area contributed by atoms with Crippen LogP contribution in [0, 0.1) is 6.92 Å². The lowest BCUT2D eigenvalue weighted by Crippen LogP contribution is -2.10. The summed E-state index contributed by atoms with van der Waals surface area (Å²) in [4.78, 5) is 22.5. The van der Waals surface area contributed by atoms with E-state index in [-0.39, 0.29) is 11.7 Å². The molecule has 16 heavy (non-hydrogen) atoms. The maximum atomic E-state index is 11.5. The van der Waals surface area contributed by atoms with Crippen molar-refractivity contribution in [3.63, 3.8) is 0 Å². The molecule has 1 aromatic rings. The van der Waals surface area contributed by atoms with Gasteiger partial charge in [-0.1, -0.05) is 0 Å². The van der Waals surface area contributed by atoms with Crippen molar-refractivity contribution in [3.8, 4) is 0 Å². The molecule has 86 valence electrons. The van der Waals surface area contributed by atoms with Gasteiger partial charge in [0.2, 0.25) is 5.91 Å². The van der Waals surface area contributed by atoms with Crippen LogP contribution in [0.1, 0.15) is 29.8 Å². The maximum absolute atomic E-state index is 11.5. The second-order valence-electron chi connectivity index (χ2n) is 3.48. The first kappa shape index (κ1) is 13.4. The van der Waals surface area contributed by atoms with Crippen LogP contribution in [0.4, 0.5) is 5.69 Å². The van der Waals surface area contributed by atoms with Gasteiger partial charge in [-0.25, -0.2) is 0 Å². The number of rotatable bonds is 2. The van der Waals surface area contributed by atoms with Gasteiger partial charge in [-0.2, -0.15) is 0 Å². The van der Waals surface area contributed by atoms with E-state index in [0.29, 0.717) is 15.7 Å². The number of aryl methyl sites for hydroxylation is 1. The molecule has 0 aliphatic rings. The zero-order valence-corrected chi connectivity index (χ0v) is 12.3. The number of ketones is 1. The summed E-state index contributed by atoms with van der Waals surface area (Å²) in [6, 6.07) is 1.81. The topological polar surface area (TPSA) is 46.2 Å². The van der Waals surface area contributed by atoms with Crippen molar-refractivity contribution in [2.75, 3.05) is 5.32 Å². The predicted octanol–water partition coefficient (Wildman–Crippen LogP) is 3.68. The van der Waals surface area contributed by atoms with Crippen molar-refractivity contribution in [3.05, 3.63) is 26.1 Å². The number of carbonyl (C=O) groups excluding carboxylic acids is 2. The second kappa shape index (κ2) is 5.10. The van der Waals surface area contributed by atoms with Gasteiger partial charge in [-0.15, -0.1) is 0 Å². The molecular formula is C11H11Br2NO2. The summed E-state index contributed by atoms with van der Waals surface area (Å²) in [7, 11) is 0. The van der Waals surface area contributed by atoms with Gasteiger partial charge in [0.1, 0.15) is 0 Å². The Balaban J connectivity index is 3.44. The van der Waals surface area contributed by atoms with E-state index >= 15 is 0 Å². The Hall–Kier alpha value is -0.680. The van der Waals surface area contributed by atoms with E-state index in [1.807, 2.05) is 13.0 Å². The van der Waals surface area contributed by atoms with Gasteiger partial charge in [0.05, 0.1) is 10.2 Å². The number of nitrogens with one attached hydrogen (secondary N) is 1. The lowest BCUT2D eigenvalue weighted by atomic mass is 10.1. The molecule has 0 spiro atoms. The third-order valence-electron chi connectivity index (χ3n) is 2.07. The molecule has 1 amide bonds. The number of carbonyl (C=O) groups is 2. The fourth-order valence-corrected chi connectivity index (χ4v) is 3.38. The van der Waals surface area contributed by atoms with Crippen LogP contribution in [-0.2, 0) is 4.79 Å². The summed E-state index contributed by atoms with van der Waals surface area (Å²) in [5.41, 5.74) is 2.06. The molecule has 5 heteroatoms. The van der Waals surface area contributed by atoms with Crippen molar-refractivity contribution in [1.82, 2.24) is 0 Å². The fourth-order valence-electron chi connectivity index (χ4n) is 1.39. The van der Waals surface area contributed by atoms with Crippen LogP contribution >= 0.6 is 31.9 Å². The molecular weight excluding hydrogens is 338 g/mol. The summed E-state index contributed by atoms with van der Waals surface area (Å²) in [6.45, 7) is 4.78. The normalized spacial score (nSPS) is 10.1. The van der Waals surface area contributed by atoms with Gasteiger partial charge < -0.3 is 5.32 Å². The van der Waals surface area contributed by atoms with E-state index in [1.165, 1.54) is 13.8 Å². The Morgan fingerprint density at radius 2 is 1.81 bits per heavy atom. The first-order chi connectivity index (χ1) is 7.34. The molecule has 0 fully saturated rings. The van der Waals surface area contributed by atoms with Gasteiger partial charge in [-0.05, 0) is 57.3 Å². The van der Waals surface area contributed by atoms with Crippen LogP contribution in [0.3, 0.4) is 0 Å². The molecule has 1 N–H and O–H groups in total. The second-order valence-corrected chi connectivity index (χ2v) is 5.12. The Kier molecular flexibility index (Phi) is 4.27. The molecule has 1 aromatic carbocycles. The zero-order chi connectivity index (χ0) is 12.5. The first-order valence-corrected chi connectivity index (χ1v) is 6.20. The van der Waals surface area contributed by atoms with Gasteiger partial charge in [-0.3, -0.25) is 9.59 Å². The van der Waals surface area contributed by atoms with Crippen LogP contribution in [0.5, 0.6) is 0 Å². The lowest BCUT2D eigenvalue weighted by molar-refractivity contribution is -0.114. The van der Waals surface area contributed by atoms with E-state index in [2.05, 4.69) is 37.2 Å². The van der Waals surface area contributed by atoms with Gasteiger partial charge in [0, 0.05) is 17.0 Å². The number of Topliss-reactive ketones (excluding diaryl/α,β-unsaturated/α-hetero) is 1. The highest BCUT2D eigenvalue weighted by Gasteiger charge is 2.16. The van der Waals surface area contributed by atoms with Crippen molar-refractivity contribution < 1.29 is 9.59 Å². The molecule has 0 heterocycles. The smallest absolute Gasteiger partial charge is 0.221 e. The average molecular weight is 349 g/mol. The summed E-state index contributed by atoms with van der Waals surface area (Å²) >= 11 is 6.68. The van der Waals surface area contributed by atoms with Crippen LogP contribution in [0.15, 0.2) is 15.0 Å². The number of amides is 1. The number of hydrogen-bond donors (Lipinski definition) is 1.